The molecule has 5 nitrogen and oxygen atoms in total. The number of nitrogens with zero attached hydrogens (tertiary/aromatic N) is 2. The lowest BCUT2D eigenvalue weighted by Crippen LogP contribution is -2.49. The van der Waals surface area contributed by atoms with Crippen LogP contribution in [0.25, 0.3) is 0 Å². The summed E-state index contributed by atoms with van der Waals surface area (Å²) in [7, 11) is 1.68. The van der Waals surface area contributed by atoms with Gasteiger partial charge in [-0.2, -0.15) is 0 Å². The van der Waals surface area contributed by atoms with Crippen LogP contribution in [0.4, 0.5) is 0 Å². The minimum atomic E-state index is 0.184. The first kappa shape index (κ1) is 17.8. The third-order valence-corrected chi connectivity index (χ3v) is 4.43. The highest BCUT2D eigenvalue weighted by atomic mass is 16.5. The fraction of sp³-hybridized carbons (Fsp3) is 0.611. The van der Waals surface area contributed by atoms with Crippen molar-refractivity contribution in [2.75, 3.05) is 46.4 Å². The summed E-state index contributed by atoms with van der Waals surface area (Å²) in [6.07, 6.45) is 1.41. The number of piperazine rings is 1. The van der Waals surface area contributed by atoms with Crippen LogP contribution in [0, 0.1) is 5.92 Å². The van der Waals surface area contributed by atoms with Crippen molar-refractivity contribution in [1.29, 1.82) is 0 Å². The fourth-order valence-corrected chi connectivity index (χ4v) is 3.11. The van der Waals surface area contributed by atoms with Gasteiger partial charge in [0.1, 0.15) is 5.75 Å². The molecule has 1 amide bonds. The molecule has 1 atom stereocenters. The van der Waals surface area contributed by atoms with Crippen molar-refractivity contribution in [3.8, 4) is 5.75 Å². The van der Waals surface area contributed by atoms with Crippen molar-refractivity contribution in [1.82, 2.24) is 9.80 Å². The number of carbonyl (C=O) groups is 1. The van der Waals surface area contributed by atoms with Crippen molar-refractivity contribution >= 4 is 5.91 Å². The number of β-amino-alcohol motifs (C(OH)–C–C–N with tert-alkyl or cyclic N) is 1. The van der Waals surface area contributed by atoms with Gasteiger partial charge < -0.3 is 14.7 Å². The van der Waals surface area contributed by atoms with Gasteiger partial charge in [0.25, 0.3) is 0 Å². The molecule has 1 heterocycles. The second-order valence-electron chi connectivity index (χ2n) is 6.27. The number of ether oxygens (including phenoxy) is 1. The maximum Gasteiger partial charge on any atom is 0.222 e. The molecule has 0 spiro atoms. The zero-order valence-corrected chi connectivity index (χ0v) is 14.2. The summed E-state index contributed by atoms with van der Waals surface area (Å²) >= 11 is 0. The summed E-state index contributed by atoms with van der Waals surface area (Å²) < 4.78 is 5.38. The first-order valence-electron chi connectivity index (χ1n) is 8.37. The molecule has 0 aliphatic carbocycles. The van der Waals surface area contributed by atoms with Crippen LogP contribution in [0.15, 0.2) is 24.3 Å². The topological polar surface area (TPSA) is 53.0 Å². The second-order valence-corrected chi connectivity index (χ2v) is 6.27. The average molecular weight is 320 g/mol. The van der Waals surface area contributed by atoms with E-state index >= 15 is 0 Å². The predicted molar refractivity (Wildman–Crippen MR) is 90.6 cm³/mol. The molecule has 1 aromatic carbocycles. The van der Waals surface area contributed by atoms with Crippen LogP contribution in [-0.2, 0) is 11.2 Å². The molecule has 23 heavy (non-hydrogen) atoms. The molecule has 1 aromatic rings. The Bertz CT molecular complexity index is 499. The summed E-state index contributed by atoms with van der Waals surface area (Å²) in [5.74, 6) is 1.41. The number of para-hydroxylation sites is 1. The third kappa shape index (κ3) is 5.22. The van der Waals surface area contributed by atoms with Gasteiger partial charge in [0.05, 0.1) is 13.7 Å². The number of aliphatic hydroxyl groups excluding tert-OH is 1. The molecule has 1 N–H and O–H groups in total. The Morgan fingerprint density at radius 1 is 1.26 bits per heavy atom. The maximum atomic E-state index is 12.4. The normalized spacial score (nSPS) is 17.1. The summed E-state index contributed by atoms with van der Waals surface area (Å²) in [6.45, 7) is 6.24. The molecule has 0 saturated carbocycles. The molecule has 5 heteroatoms. The maximum absolute atomic E-state index is 12.4. The van der Waals surface area contributed by atoms with Crippen LogP contribution in [-0.4, -0.2) is 67.3 Å². The van der Waals surface area contributed by atoms with Crippen LogP contribution in [0.3, 0.4) is 0 Å². The fourth-order valence-electron chi connectivity index (χ4n) is 3.11. The summed E-state index contributed by atoms with van der Waals surface area (Å²) in [4.78, 5) is 16.6. The van der Waals surface area contributed by atoms with Gasteiger partial charge in [0.15, 0.2) is 0 Å². The zero-order valence-electron chi connectivity index (χ0n) is 14.2. The molecule has 0 bridgehead atoms. The molecular formula is C18H28N2O3. The van der Waals surface area contributed by atoms with E-state index in [2.05, 4.69) is 17.9 Å². The largest absolute Gasteiger partial charge is 0.496 e. The van der Waals surface area contributed by atoms with E-state index in [-0.39, 0.29) is 18.4 Å². The number of methoxy groups -OCH3 is 1. The van der Waals surface area contributed by atoms with Crippen LogP contribution < -0.4 is 4.74 Å². The standard InChI is InChI=1S/C18H28N2O3/c1-15(13-16-5-3-4-6-17(16)23-2)14-18(22)20-9-7-19(8-10-20)11-12-21/h3-6,15,21H,7-14H2,1-2H3. The summed E-state index contributed by atoms with van der Waals surface area (Å²) in [5.41, 5.74) is 1.16. The minimum Gasteiger partial charge on any atom is -0.496 e. The Kier molecular flexibility index (Phi) is 6.86. The molecule has 0 radical (unpaired) electrons. The van der Waals surface area contributed by atoms with Crippen molar-refractivity contribution in [3.05, 3.63) is 29.8 Å². The number of hydrogen-bond acceptors (Lipinski definition) is 4. The molecule has 1 fully saturated rings. The van der Waals surface area contributed by atoms with Gasteiger partial charge in [-0.3, -0.25) is 9.69 Å². The van der Waals surface area contributed by atoms with Crippen LogP contribution in [0.5, 0.6) is 5.75 Å². The van der Waals surface area contributed by atoms with Gasteiger partial charge in [-0.1, -0.05) is 25.1 Å². The number of hydrogen-bond donors (Lipinski definition) is 1. The van der Waals surface area contributed by atoms with Crippen molar-refractivity contribution in [2.45, 2.75) is 19.8 Å². The van der Waals surface area contributed by atoms with E-state index in [0.29, 0.717) is 13.0 Å². The van der Waals surface area contributed by atoms with Crippen molar-refractivity contribution in [3.63, 3.8) is 0 Å². The first-order chi connectivity index (χ1) is 11.1. The van der Waals surface area contributed by atoms with Crippen LogP contribution in [0.1, 0.15) is 18.9 Å². The highest BCUT2D eigenvalue weighted by Gasteiger charge is 2.22. The highest BCUT2D eigenvalue weighted by molar-refractivity contribution is 5.76. The quantitative estimate of drug-likeness (QED) is 0.825. The Morgan fingerprint density at radius 3 is 2.61 bits per heavy atom. The number of amides is 1. The van der Waals surface area contributed by atoms with Gasteiger partial charge in [-0.15, -0.1) is 0 Å². The van der Waals surface area contributed by atoms with E-state index in [1.54, 1.807) is 7.11 Å². The van der Waals surface area contributed by atoms with Gasteiger partial charge >= 0.3 is 0 Å². The Hall–Kier alpha value is -1.59. The predicted octanol–water partition coefficient (Wildman–Crippen LogP) is 1.40. The SMILES string of the molecule is COc1ccccc1CC(C)CC(=O)N1CCN(CCO)CC1. The van der Waals surface area contributed by atoms with E-state index < -0.39 is 0 Å². The van der Waals surface area contributed by atoms with Crippen molar-refractivity contribution in [2.24, 2.45) is 5.92 Å². The van der Waals surface area contributed by atoms with Gasteiger partial charge in [-0.25, -0.2) is 0 Å². The van der Waals surface area contributed by atoms with E-state index in [1.807, 2.05) is 23.1 Å². The Labute approximate surface area is 138 Å². The summed E-state index contributed by atoms with van der Waals surface area (Å²) in [5, 5.41) is 8.96. The highest BCUT2D eigenvalue weighted by Crippen LogP contribution is 2.22. The van der Waals surface area contributed by atoms with Gasteiger partial charge in [0, 0.05) is 39.1 Å². The molecule has 1 aliphatic rings. The van der Waals surface area contributed by atoms with Gasteiger partial charge in [-0.05, 0) is 24.0 Å². The molecule has 1 aliphatic heterocycles. The van der Waals surface area contributed by atoms with E-state index in [9.17, 15) is 4.79 Å². The number of benzene rings is 1. The van der Waals surface area contributed by atoms with Crippen LogP contribution >= 0.6 is 0 Å². The molecule has 2 rings (SSSR count). The van der Waals surface area contributed by atoms with Crippen molar-refractivity contribution < 1.29 is 14.6 Å². The van der Waals surface area contributed by atoms with E-state index in [4.69, 9.17) is 9.84 Å². The Morgan fingerprint density at radius 2 is 1.96 bits per heavy atom. The molecule has 0 aromatic heterocycles. The average Bonchev–Trinajstić information content (AvgIpc) is 2.56. The minimum absolute atomic E-state index is 0.184. The number of carbonyl (C=O) groups excluding carboxylic acids is 1. The smallest absolute Gasteiger partial charge is 0.222 e. The monoisotopic (exact) mass is 320 g/mol. The lowest BCUT2D eigenvalue weighted by Gasteiger charge is -2.34. The lowest BCUT2D eigenvalue weighted by atomic mass is 9.96. The number of aliphatic hydroxyl groups is 1. The summed E-state index contributed by atoms with van der Waals surface area (Å²) in [6, 6.07) is 7.99. The van der Waals surface area contributed by atoms with E-state index in [0.717, 1.165) is 43.9 Å². The molecule has 128 valence electrons. The zero-order chi connectivity index (χ0) is 16.7. The van der Waals surface area contributed by atoms with E-state index in [1.165, 1.54) is 0 Å². The Balaban J connectivity index is 1.81. The second kappa shape index (κ2) is 8.89. The van der Waals surface area contributed by atoms with Gasteiger partial charge in [0.2, 0.25) is 5.91 Å². The first-order valence-corrected chi connectivity index (χ1v) is 8.37. The van der Waals surface area contributed by atoms with Crippen LogP contribution in [0.2, 0.25) is 0 Å². The molecule has 1 saturated heterocycles. The number of rotatable bonds is 7. The molecule has 1 unspecified atom stereocenters. The lowest BCUT2D eigenvalue weighted by molar-refractivity contribution is -0.133. The third-order valence-electron chi connectivity index (χ3n) is 4.43. The molecular weight excluding hydrogens is 292 g/mol.